The molecule has 0 amide bonds. The van der Waals surface area contributed by atoms with E-state index in [2.05, 4.69) is 17.1 Å². The maximum absolute atomic E-state index is 5.60. The van der Waals surface area contributed by atoms with E-state index in [-0.39, 0.29) is 12.4 Å². The minimum absolute atomic E-state index is 0. The fourth-order valence-electron chi connectivity index (χ4n) is 1.24. The van der Waals surface area contributed by atoms with Crippen LogP contribution in [0, 0.1) is 0 Å². The molecule has 0 radical (unpaired) electrons. The van der Waals surface area contributed by atoms with Crippen molar-refractivity contribution in [3.8, 4) is 0 Å². The average Bonchev–Trinajstić information content (AvgIpc) is 2.28. The third kappa shape index (κ3) is 3.76. The molecule has 2 nitrogen and oxygen atoms in total. The summed E-state index contributed by atoms with van der Waals surface area (Å²) in [7, 11) is 0. The van der Waals surface area contributed by atoms with Crippen molar-refractivity contribution < 1.29 is 0 Å². The van der Waals surface area contributed by atoms with Gasteiger partial charge >= 0.3 is 0 Å². The lowest BCUT2D eigenvalue weighted by Crippen LogP contribution is -1.90. The zero-order valence-electron chi connectivity index (χ0n) is 8.67. The standard InChI is InChI=1S/C12H12N2S.ClH/c13-11-7-4-8-12(14-11)15-9-10-5-2-1-3-6-10;/h1-8H,9H2,(H2,13,14);1H. The molecule has 0 spiro atoms. The molecule has 2 rings (SSSR count). The predicted octanol–water partition coefficient (Wildman–Crippen LogP) is 3.38. The van der Waals surface area contributed by atoms with E-state index in [1.165, 1.54) is 5.56 Å². The largest absolute Gasteiger partial charge is 0.384 e. The van der Waals surface area contributed by atoms with E-state index in [0.717, 1.165) is 10.8 Å². The van der Waals surface area contributed by atoms with Crippen LogP contribution >= 0.6 is 24.2 Å². The van der Waals surface area contributed by atoms with Crippen LogP contribution in [0.5, 0.6) is 0 Å². The zero-order valence-corrected chi connectivity index (χ0v) is 10.3. The Kier molecular flexibility index (Phi) is 5.15. The highest BCUT2D eigenvalue weighted by Crippen LogP contribution is 2.20. The van der Waals surface area contributed by atoms with Gasteiger partial charge in [0.15, 0.2) is 0 Å². The van der Waals surface area contributed by atoms with Crippen molar-refractivity contribution in [2.45, 2.75) is 10.8 Å². The minimum atomic E-state index is 0. The first-order valence-corrected chi connectivity index (χ1v) is 5.72. The van der Waals surface area contributed by atoms with Crippen LogP contribution in [-0.4, -0.2) is 4.98 Å². The number of halogens is 1. The van der Waals surface area contributed by atoms with Gasteiger partial charge in [-0.25, -0.2) is 4.98 Å². The normalized spacial score (nSPS) is 9.50. The van der Waals surface area contributed by atoms with E-state index in [9.17, 15) is 0 Å². The SMILES string of the molecule is Cl.Nc1cccc(SCc2ccccc2)n1. The van der Waals surface area contributed by atoms with Gasteiger partial charge in [0, 0.05) is 5.75 Å². The molecule has 84 valence electrons. The summed E-state index contributed by atoms with van der Waals surface area (Å²) in [5, 5.41) is 0.971. The minimum Gasteiger partial charge on any atom is -0.384 e. The molecule has 16 heavy (non-hydrogen) atoms. The molecule has 0 saturated heterocycles. The van der Waals surface area contributed by atoms with Crippen molar-refractivity contribution >= 4 is 30.0 Å². The van der Waals surface area contributed by atoms with Crippen LogP contribution < -0.4 is 5.73 Å². The van der Waals surface area contributed by atoms with Crippen molar-refractivity contribution in [2.24, 2.45) is 0 Å². The van der Waals surface area contributed by atoms with Crippen molar-refractivity contribution in [3.05, 3.63) is 54.1 Å². The number of nitrogen functional groups attached to an aromatic ring is 1. The summed E-state index contributed by atoms with van der Waals surface area (Å²) in [5.74, 6) is 1.50. The molecule has 0 aliphatic heterocycles. The molecule has 0 bridgehead atoms. The molecule has 2 N–H and O–H groups in total. The predicted molar refractivity (Wildman–Crippen MR) is 71.9 cm³/mol. The van der Waals surface area contributed by atoms with Gasteiger partial charge in [-0.3, -0.25) is 0 Å². The lowest BCUT2D eigenvalue weighted by Gasteiger charge is -2.01. The van der Waals surface area contributed by atoms with Crippen LogP contribution in [0.15, 0.2) is 53.6 Å². The highest BCUT2D eigenvalue weighted by Gasteiger charge is 1.97. The van der Waals surface area contributed by atoms with Gasteiger partial charge in [0.05, 0.1) is 5.03 Å². The molecule has 0 aliphatic rings. The van der Waals surface area contributed by atoms with E-state index in [4.69, 9.17) is 5.73 Å². The molecule has 0 aliphatic carbocycles. The maximum Gasteiger partial charge on any atom is 0.124 e. The summed E-state index contributed by atoms with van der Waals surface area (Å²) < 4.78 is 0. The molecule has 4 heteroatoms. The molecule has 1 heterocycles. The molecule has 0 fully saturated rings. The first kappa shape index (κ1) is 12.9. The van der Waals surface area contributed by atoms with Crippen LogP contribution in [0.25, 0.3) is 0 Å². The fraction of sp³-hybridized carbons (Fsp3) is 0.0833. The summed E-state index contributed by atoms with van der Waals surface area (Å²) in [6.45, 7) is 0. The van der Waals surface area contributed by atoms with E-state index >= 15 is 0 Å². The van der Waals surface area contributed by atoms with Crippen LogP contribution in [0.4, 0.5) is 5.82 Å². The molecule has 1 aromatic heterocycles. The van der Waals surface area contributed by atoms with Gasteiger partial charge in [-0.1, -0.05) is 36.4 Å². The molecule has 2 aromatic rings. The third-order valence-corrected chi connectivity index (χ3v) is 2.98. The highest BCUT2D eigenvalue weighted by atomic mass is 35.5. The van der Waals surface area contributed by atoms with E-state index < -0.39 is 0 Å². The Morgan fingerprint density at radius 3 is 2.44 bits per heavy atom. The number of hydrogen-bond donors (Lipinski definition) is 1. The second-order valence-electron chi connectivity index (χ2n) is 3.17. The quantitative estimate of drug-likeness (QED) is 0.852. The number of nitrogens with zero attached hydrogens (tertiary/aromatic N) is 1. The van der Waals surface area contributed by atoms with Gasteiger partial charge < -0.3 is 5.73 Å². The molecule has 1 aromatic carbocycles. The van der Waals surface area contributed by atoms with Gasteiger partial charge in [-0.15, -0.1) is 24.2 Å². The Morgan fingerprint density at radius 2 is 1.75 bits per heavy atom. The van der Waals surface area contributed by atoms with Crippen molar-refractivity contribution in [1.29, 1.82) is 0 Å². The first-order valence-electron chi connectivity index (χ1n) is 4.74. The van der Waals surface area contributed by atoms with Crippen LogP contribution in [0.2, 0.25) is 0 Å². The van der Waals surface area contributed by atoms with E-state index in [1.54, 1.807) is 17.8 Å². The highest BCUT2D eigenvalue weighted by molar-refractivity contribution is 7.98. The average molecular weight is 253 g/mol. The lowest BCUT2D eigenvalue weighted by atomic mass is 10.2. The number of pyridine rings is 1. The van der Waals surface area contributed by atoms with Gasteiger partial charge in [0.1, 0.15) is 5.82 Å². The number of aromatic nitrogens is 1. The third-order valence-electron chi connectivity index (χ3n) is 1.97. The number of nitrogens with two attached hydrogens (primary N) is 1. The lowest BCUT2D eigenvalue weighted by molar-refractivity contribution is 1.14. The van der Waals surface area contributed by atoms with Crippen molar-refractivity contribution in [1.82, 2.24) is 4.98 Å². The second kappa shape index (κ2) is 6.40. The second-order valence-corrected chi connectivity index (χ2v) is 4.17. The Morgan fingerprint density at radius 1 is 1.00 bits per heavy atom. The van der Waals surface area contributed by atoms with Gasteiger partial charge in [0.25, 0.3) is 0 Å². The summed E-state index contributed by atoms with van der Waals surface area (Å²) in [6.07, 6.45) is 0. The number of rotatable bonds is 3. The fourth-order valence-corrected chi connectivity index (χ4v) is 2.09. The Balaban J connectivity index is 0.00000128. The number of hydrogen-bond acceptors (Lipinski definition) is 3. The Bertz CT molecular complexity index is 434. The Labute approximate surface area is 106 Å². The van der Waals surface area contributed by atoms with Crippen LogP contribution in [0.1, 0.15) is 5.56 Å². The number of anilines is 1. The van der Waals surface area contributed by atoms with Crippen molar-refractivity contribution in [3.63, 3.8) is 0 Å². The molecule has 0 unspecified atom stereocenters. The smallest absolute Gasteiger partial charge is 0.124 e. The number of benzene rings is 1. The maximum atomic E-state index is 5.60. The first-order chi connectivity index (χ1) is 7.34. The van der Waals surface area contributed by atoms with Crippen LogP contribution in [-0.2, 0) is 5.75 Å². The number of thioether (sulfide) groups is 1. The molecular formula is C12H13ClN2S. The molecular weight excluding hydrogens is 240 g/mol. The summed E-state index contributed by atoms with van der Waals surface area (Å²) >= 11 is 1.70. The van der Waals surface area contributed by atoms with Crippen molar-refractivity contribution in [2.75, 3.05) is 5.73 Å². The summed E-state index contributed by atoms with van der Waals surface area (Å²) in [5.41, 5.74) is 6.90. The monoisotopic (exact) mass is 252 g/mol. The summed E-state index contributed by atoms with van der Waals surface area (Å²) in [6, 6.07) is 16.0. The van der Waals surface area contributed by atoms with Gasteiger partial charge in [-0.05, 0) is 17.7 Å². The van der Waals surface area contributed by atoms with Gasteiger partial charge in [-0.2, -0.15) is 0 Å². The van der Waals surface area contributed by atoms with Gasteiger partial charge in [0.2, 0.25) is 0 Å². The Hall–Kier alpha value is -1.19. The van der Waals surface area contributed by atoms with Crippen LogP contribution in [0.3, 0.4) is 0 Å². The van der Waals surface area contributed by atoms with E-state index in [0.29, 0.717) is 5.82 Å². The molecule has 0 saturated carbocycles. The van der Waals surface area contributed by atoms with E-state index in [1.807, 2.05) is 30.3 Å². The zero-order chi connectivity index (χ0) is 10.5. The summed E-state index contributed by atoms with van der Waals surface area (Å²) in [4.78, 5) is 4.23. The molecule has 0 atom stereocenters. The topological polar surface area (TPSA) is 38.9 Å².